The number of fused-ring (bicyclic) bond motifs is 7. The molecule has 0 fully saturated rings. The van der Waals surface area contributed by atoms with Crippen LogP contribution in [0.15, 0.2) is 51.3 Å². The molecular formula is C18H12O2. The van der Waals surface area contributed by atoms with Crippen LogP contribution in [0.2, 0.25) is 0 Å². The molecule has 2 nitrogen and oxygen atoms in total. The Morgan fingerprint density at radius 1 is 0.850 bits per heavy atom. The van der Waals surface area contributed by atoms with Gasteiger partial charge in [0.2, 0.25) is 0 Å². The summed E-state index contributed by atoms with van der Waals surface area (Å²) in [5, 5.41) is 3.42. The SMILES string of the molecule is C1=Cc2c(oc3c2ccc2oc4ccccc4c23)CC1. The largest absolute Gasteiger partial charge is 0.460 e. The first-order valence-corrected chi connectivity index (χ1v) is 6.94. The predicted octanol–water partition coefficient (Wildman–Crippen LogP) is 5.29. The zero-order chi connectivity index (χ0) is 13.1. The zero-order valence-electron chi connectivity index (χ0n) is 10.8. The summed E-state index contributed by atoms with van der Waals surface area (Å²) in [6.07, 6.45) is 6.44. The van der Waals surface area contributed by atoms with Gasteiger partial charge in [0.1, 0.15) is 22.5 Å². The van der Waals surface area contributed by atoms with Crippen LogP contribution in [0, 0.1) is 0 Å². The summed E-state index contributed by atoms with van der Waals surface area (Å²) in [4.78, 5) is 0. The Labute approximate surface area is 115 Å². The molecule has 0 aliphatic heterocycles. The number of allylic oxidation sites excluding steroid dienone is 1. The molecule has 1 aliphatic rings. The van der Waals surface area contributed by atoms with Gasteiger partial charge in [-0.2, -0.15) is 0 Å². The summed E-state index contributed by atoms with van der Waals surface area (Å²) >= 11 is 0. The third kappa shape index (κ3) is 1.19. The van der Waals surface area contributed by atoms with Gasteiger partial charge in [-0.05, 0) is 24.6 Å². The van der Waals surface area contributed by atoms with Gasteiger partial charge in [0.25, 0.3) is 0 Å². The standard InChI is InChI=1S/C18H12O2/c1-3-7-14-11(5-1)12-9-10-16-17(18(12)20-14)13-6-2-4-8-15(13)19-16/h1-2,4-6,8-10H,3,7H2. The Bertz CT molecular complexity index is 998. The maximum Gasteiger partial charge on any atom is 0.146 e. The van der Waals surface area contributed by atoms with E-state index >= 15 is 0 Å². The summed E-state index contributed by atoms with van der Waals surface area (Å²) in [6.45, 7) is 0. The molecule has 0 saturated carbocycles. The molecule has 2 aromatic heterocycles. The van der Waals surface area contributed by atoms with Crippen LogP contribution < -0.4 is 0 Å². The summed E-state index contributed by atoms with van der Waals surface area (Å²) in [6, 6.07) is 12.3. The maximum absolute atomic E-state index is 6.16. The molecule has 2 aromatic carbocycles. The Kier molecular flexibility index (Phi) is 1.83. The Morgan fingerprint density at radius 3 is 2.80 bits per heavy atom. The van der Waals surface area contributed by atoms with Crippen molar-refractivity contribution in [3.05, 3.63) is 53.8 Å². The predicted molar refractivity (Wildman–Crippen MR) is 80.8 cm³/mol. The highest BCUT2D eigenvalue weighted by molar-refractivity contribution is 6.18. The molecule has 0 unspecified atom stereocenters. The molecule has 2 heterocycles. The van der Waals surface area contributed by atoms with Crippen LogP contribution in [0.3, 0.4) is 0 Å². The van der Waals surface area contributed by atoms with Crippen LogP contribution in [-0.4, -0.2) is 0 Å². The summed E-state index contributed by atoms with van der Waals surface area (Å²) in [5.74, 6) is 1.10. The quantitative estimate of drug-likeness (QED) is 0.429. The Hall–Kier alpha value is -2.48. The summed E-state index contributed by atoms with van der Waals surface area (Å²) < 4.78 is 12.1. The molecule has 0 bridgehead atoms. The first kappa shape index (κ1) is 10.3. The number of benzene rings is 2. The Balaban J connectivity index is 2.05. The van der Waals surface area contributed by atoms with E-state index in [1.807, 2.05) is 18.2 Å². The van der Waals surface area contributed by atoms with Crippen LogP contribution >= 0.6 is 0 Å². The topological polar surface area (TPSA) is 26.3 Å². The van der Waals surface area contributed by atoms with Crippen molar-refractivity contribution in [3.8, 4) is 0 Å². The minimum Gasteiger partial charge on any atom is -0.460 e. The molecule has 0 atom stereocenters. The van der Waals surface area contributed by atoms with Crippen LogP contribution in [0.4, 0.5) is 0 Å². The Morgan fingerprint density at radius 2 is 1.80 bits per heavy atom. The van der Waals surface area contributed by atoms with Gasteiger partial charge in [-0.1, -0.05) is 30.4 Å². The molecular weight excluding hydrogens is 248 g/mol. The number of rotatable bonds is 0. The molecule has 1 aliphatic carbocycles. The molecule has 0 saturated heterocycles. The summed E-state index contributed by atoms with van der Waals surface area (Å²) in [5.41, 5.74) is 4.01. The lowest BCUT2D eigenvalue weighted by molar-refractivity contribution is 0.548. The number of para-hydroxylation sites is 1. The van der Waals surface area contributed by atoms with Crippen LogP contribution in [-0.2, 0) is 6.42 Å². The third-order valence-corrected chi connectivity index (χ3v) is 4.13. The van der Waals surface area contributed by atoms with E-state index in [9.17, 15) is 0 Å². The number of hydrogen-bond acceptors (Lipinski definition) is 2. The molecule has 4 aromatic rings. The van der Waals surface area contributed by atoms with E-state index in [-0.39, 0.29) is 0 Å². The van der Waals surface area contributed by atoms with E-state index < -0.39 is 0 Å². The van der Waals surface area contributed by atoms with Gasteiger partial charge >= 0.3 is 0 Å². The smallest absolute Gasteiger partial charge is 0.146 e. The average molecular weight is 260 g/mol. The number of furan rings is 2. The fraction of sp³-hybridized carbons (Fsp3) is 0.111. The van der Waals surface area contributed by atoms with Crippen molar-refractivity contribution in [3.63, 3.8) is 0 Å². The maximum atomic E-state index is 6.16. The van der Waals surface area contributed by atoms with Gasteiger partial charge < -0.3 is 8.83 Å². The van der Waals surface area contributed by atoms with Gasteiger partial charge in [0.15, 0.2) is 0 Å². The van der Waals surface area contributed by atoms with Crippen molar-refractivity contribution in [2.24, 2.45) is 0 Å². The van der Waals surface area contributed by atoms with E-state index in [4.69, 9.17) is 8.83 Å². The molecule has 20 heavy (non-hydrogen) atoms. The molecule has 0 spiro atoms. The number of hydrogen-bond donors (Lipinski definition) is 0. The molecule has 96 valence electrons. The van der Waals surface area contributed by atoms with Crippen molar-refractivity contribution < 1.29 is 8.83 Å². The molecule has 2 heteroatoms. The van der Waals surface area contributed by atoms with Gasteiger partial charge in [0, 0.05) is 22.8 Å². The highest BCUT2D eigenvalue weighted by Gasteiger charge is 2.19. The second kappa shape index (κ2) is 3.54. The van der Waals surface area contributed by atoms with Gasteiger partial charge in [-0.15, -0.1) is 0 Å². The lowest BCUT2D eigenvalue weighted by atomic mass is 10.0. The normalized spacial score (nSPS) is 14.4. The molecule has 5 rings (SSSR count). The third-order valence-electron chi connectivity index (χ3n) is 4.13. The van der Waals surface area contributed by atoms with Crippen molar-refractivity contribution >= 4 is 39.0 Å². The van der Waals surface area contributed by atoms with Crippen molar-refractivity contribution in [1.82, 2.24) is 0 Å². The van der Waals surface area contributed by atoms with E-state index in [1.165, 1.54) is 10.9 Å². The lowest BCUT2D eigenvalue weighted by Gasteiger charge is -2.00. The van der Waals surface area contributed by atoms with Crippen LogP contribution in [0.25, 0.3) is 39.0 Å². The fourth-order valence-electron chi connectivity index (χ4n) is 3.22. The second-order valence-electron chi connectivity index (χ2n) is 5.29. The van der Waals surface area contributed by atoms with E-state index in [2.05, 4.69) is 30.4 Å². The van der Waals surface area contributed by atoms with Gasteiger partial charge in [0.05, 0.1) is 5.39 Å². The van der Waals surface area contributed by atoms with Crippen LogP contribution in [0.1, 0.15) is 17.7 Å². The second-order valence-corrected chi connectivity index (χ2v) is 5.29. The van der Waals surface area contributed by atoms with Crippen molar-refractivity contribution in [2.75, 3.05) is 0 Å². The summed E-state index contributed by atoms with van der Waals surface area (Å²) in [7, 11) is 0. The highest BCUT2D eigenvalue weighted by Crippen LogP contribution is 2.39. The van der Waals surface area contributed by atoms with E-state index in [1.54, 1.807) is 0 Å². The fourth-order valence-corrected chi connectivity index (χ4v) is 3.22. The lowest BCUT2D eigenvalue weighted by Crippen LogP contribution is -1.87. The van der Waals surface area contributed by atoms with Gasteiger partial charge in [-0.25, -0.2) is 0 Å². The monoisotopic (exact) mass is 260 g/mol. The minimum atomic E-state index is 0.897. The van der Waals surface area contributed by atoms with Crippen molar-refractivity contribution in [1.29, 1.82) is 0 Å². The van der Waals surface area contributed by atoms with Crippen LogP contribution in [0.5, 0.6) is 0 Å². The average Bonchev–Trinajstić information content (AvgIpc) is 3.04. The first-order valence-electron chi connectivity index (χ1n) is 6.94. The van der Waals surface area contributed by atoms with Crippen molar-refractivity contribution in [2.45, 2.75) is 12.8 Å². The van der Waals surface area contributed by atoms with Gasteiger partial charge in [-0.3, -0.25) is 0 Å². The minimum absolute atomic E-state index is 0.897. The molecule has 0 amide bonds. The highest BCUT2D eigenvalue weighted by atomic mass is 16.3. The molecule has 0 N–H and O–H groups in total. The van der Waals surface area contributed by atoms with E-state index in [0.717, 1.165) is 46.1 Å². The first-order chi connectivity index (χ1) is 9.92. The molecule has 0 radical (unpaired) electrons. The zero-order valence-corrected chi connectivity index (χ0v) is 10.8. The van der Waals surface area contributed by atoms with E-state index in [0.29, 0.717) is 0 Å². The number of aryl methyl sites for hydroxylation is 1.